The minimum absolute atomic E-state index is 0.0794. The summed E-state index contributed by atoms with van der Waals surface area (Å²) in [5.41, 5.74) is 4.63. The zero-order chi connectivity index (χ0) is 25.2. The van der Waals surface area contributed by atoms with Gasteiger partial charge in [-0.15, -0.1) is 0 Å². The molecule has 5 rings (SSSR count). The Kier molecular flexibility index (Phi) is 6.79. The molecule has 2 N–H and O–H groups in total. The number of methoxy groups -OCH3 is 1. The highest BCUT2D eigenvalue weighted by Crippen LogP contribution is 2.48. The summed E-state index contributed by atoms with van der Waals surface area (Å²) in [6, 6.07) is 18.5. The molecule has 2 aliphatic heterocycles. The van der Waals surface area contributed by atoms with Crippen molar-refractivity contribution in [2.24, 2.45) is 5.92 Å². The third-order valence-electron chi connectivity index (χ3n) is 7.24. The second kappa shape index (κ2) is 10.2. The molecule has 0 radical (unpaired) electrons. The number of phenolic OH excluding ortho intramolecular Hbond substituents is 2. The Morgan fingerprint density at radius 1 is 1.00 bits per heavy atom. The van der Waals surface area contributed by atoms with Crippen molar-refractivity contribution in [2.45, 2.75) is 26.4 Å². The molecular formula is C30H33NO5. The van der Waals surface area contributed by atoms with Gasteiger partial charge in [0.1, 0.15) is 30.0 Å². The number of aromatic hydroxyl groups is 2. The van der Waals surface area contributed by atoms with Crippen LogP contribution in [0.5, 0.6) is 28.7 Å². The minimum atomic E-state index is -0.377. The van der Waals surface area contributed by atoms with E-state index in [1.54, 1.807) is 24.3 Å². The zero-order valence-electron chi connectivity index (χ0n) is 21.0. The number of benzene rings is 3. The SMILES string of the molecule is CCC1CN(CCOc2ccc([C@H]3Oc4ccc(O)cc4C(C)=C3c3ccc(O)c(OC)c3)cc2)C1. The standard InChI is InChI=1S/C30H33NO5/c1-4-20-17-31(18-20)13-14-35-24-9-5-21(6-10-24)30-29(22-7-11-26(33)28(15-22)34-3)19(2)25-16-23(32)8-12-27(25)36-30/h5-12,15-16,20,30,32-33H,4,13-14,17-18H2,1-3H3/t30-/m1/s1. The monoisotopic (exact) mass is 487 g/mol. The number of hydrogen-bond acceptors (Lipinski definition) is 6. The summed E-state index contributed by atoms with van der Waals surface area (Å²) >= 11 is 0. The van der Waals surface area contributed by atoms with Crippen LogP contribution >= 0.6 is 0 Å². The van der Waals surface area contributed by atoms with Crippen LogP contribution in [0.2, 0.25) is 0 Å². The topological polar surface area (TPSA) is 71.4 Å². The average Bonchev–Trinajstić information content (AvgIpc) is 2.86. The van der Waals surface area contributed by atoms with Crippen LogP contribution in [-0.2, 0) is 0 Å². The van der Waals surface area contributed by atoms with Gasteiger partial charge in [-0.2, -0.15) is 0 Å². The van der Waals surface area contributed by atoms with Gasteiger partial charge in [0, 0.05) is 30.8 Å². The Balaban J connectivity index is 1.41. The van der Waals surface area contributed by atoms with E-state index < -0.39 is 0 Å². The van der Waals surface area contributed by atoms with Gasteiger partial charge >= 0.3 is 0 Å². The summed E-state index contributed by atoms with van der Waals surface area (Å²) in [7, 11) is 1.53. The molecule has 1 atom stereocenters. The van der Waals surface area contributed by atoms with Gasteiger partial charge in [-0.05, 0) is 72.0 Å². The second-order valence-electron chi connectivity index (χ2n) is 9.56. The molecule has 0 unspecified atom stereocenters. The van der Waals surface area contributed by atoms with Crippen molar-refractivity contribution in [3.05, 3.63) is 77.4 Å². The van der Waals surface area contributed by atoms with Crippen LogP contribution < -0.4 is 14.2 Å². The van der Waals surface area contributed by atoms with E-state index in [0.29, 0.717) is 18.1 Å². The molecule has 36 heavy (non-hydrogen) atoms. The van der Waals surface area contributed by atoms with E-state index in [1.165, 1.54) is 26.6 Å². The molecule has 0 aromatic heterocycles. The lowest BCUT2D eigenvalue weighted by Gasteiger charge is -2.38. The van der Waals surface area contributed by atoms with Crippen LogP contribution in [-0.4, -0.2) is 48.5 Å². The van der Waals surface area contributed by atoms with Gasteiger partial charge < -0.3 is 24.4 Å². The number of hydrogen-bond donors (Lipinski definition) is 2. The molecule has 6 nitrogen and oxygen atoms in total. The first-order chi connectivity index (χ1) is 17.5. The van der Waals surface area contributed by atoms with Crippen LogP contribution in [0.15, 0.2) is 60.7 Å². The van der Waals surface area contributed by atoms with Crippen LogP contribution in [0.4, 0.5) is 0 Å². The normalized spacial score (nSPS) is 17.8. The number of rotatable bonds is 8. The fourth-order valence-corrected chi connectivity index (χ4v) is 5.04. The second-order valence-corrected chi connectivity index (χ2v) is 9.56. The van der Waals surface area contributed by atoms with E-state index in [-0.39, 0.29) is 17.6 Å². The molecule has 0 saturated carbocycles. The van der Waals surface area contributed by atoms with Gasteiger partial charge in [-0.3, -0.25) is 4.90 Å². The lowest BCUT2D eigenvalue weighted by molar-refractivity contribution is 0.0806. The van der Waals surface area contributed by atoms with E-state index in [2.05, 4.69) is 11.8 Å². The number of fused-ring (bicyclic) bond motifs is 1. The van der Waals surface area contributed by atoms with E-state index in [0.717, 1.165) is 46.0 Å². The molecule has 0 amide bonds. The summed E-state index contributed by atoms with van der Waals surface area (Å²) in [6.45, 7) is 8.24. The van der Waals surface area contributed by atoms with Crippen molar-refractivity contribution in [3.63, 3.8) is 0 Å². The largest absolute Gasteiger partial charge is 0.508 e. The van der Waals surface area contributed by atoms with Crippen LogP contribution in [0.3, 0.4) is 0 Å². The van der Waals surface area contributed by atoms with E-state index in [1.807, 2.05) is 43.3 Å². The van der Waals surface area contributed by atoms with Gasteiger partial charge in [0.2, 0.25) is 0 Å². The highest BCUT2D eigenvalue weighted by Gasteiger charge is 2.30. The average molecular weight is 488 g/mol. The lowest BCUT2D eigenvalue weighted by Crippen LogP contribution is -2.47. The van der Waals surface area contributed by atoms with E-state index in [4.69, 9.17) is 14.2 Å². The molecule has 3 aromatic rings. The summed E-state index contributed by atoms with van der Waals surface area (Å²) in [5, 5.41) is 20.2. The Hall–Kier alpha value is -3.64. The predicted molar refractivity (Wildman–Crippen MR) is 141 cm³/mol. The van der Waals surface area contributed by atoms with Crippen molar-refractivity contribution >= 4 is 11.1 Å². The Morgan fingerprint density at radius 3 is 2.50 bits per heavy atom. The summed E-state index contributed by atoms with van der Waals surface area (Å²) in [5.74, 6) is 3.04. The van der Waals surface area contributed by atoms with Crippen molar-refractivity contribution in [2.75, 3.05) is 33.4 Å². The number of likely N-dealkylation sites (tertiary alicyclic amines) is 1. The molecule has 0 aliphatic carbocycles. The smallest absolute Gasteiger partial charge is 0.161 e. The van der Waals surface area contributed by atoms with E-state index >= 15 is 0 Å². The third-order valence-corrected chi connectivity index (χ3v) is 7.24. The van der Waals surface area contributed by atoms with Crippen molar-refractivity contribution in [1.82, 2.24) is 4.90 Å². The van der Waals surface area contributed by atoms with Crippen molar-refractivity contribution in [3.8, 4) is 28.7 Å². The Morgan fingerprint density at radius 2 is 1.78 bits per heavy atom. The highest BCUT2D eigenvalue weighted by molar-refractivity contribution is 5.96. The van der Waals surface area contributed by atoms with Crippen LogP contribution in [0.25, 0.3) is 11.1 Å². The Labute approximate surface area is 212 Å². The maximum Gasteiger partial charge on any atom is 0.161 e. The molecule has 1 saturated heterocycles. The zero-order valence-corrected chi connectivity index (χ0v) is 21.0. The van der Waals surface area contributed by atoms with Crippen LogP contribution in [0, 0.1) is 5.92 Å². The quantitative estimate of drug-likeness (QED) is 0.413. The minimum Gasteiger partial charge on any atom is -0.508 e. The molecule has 6 heteroatoms. The molecule has 1 fully saturated rings. The number of ether oxygens (including phenoxy) is 3. The first-order valence-electron chi connectivity index (χ1n) is 12.5. The van der Waals surface area contributed by atoms with Crippen molar-refractivity contribution in [1.29, 1.82) is 0 Å². The van der Waals surface area contributed by atoms with Gasteiger partial charge in [-0.1, -0.05) is 31.5 Å². The van der Waals surface area contributed by atoms with Gasteiger partial charge in [0.05, 0.1) is 7.11 Å². The number of allylic oxidation sites excluding steroid dienone is 1. The van der Waals surface area contributed by atoms with Crippen molar-refractivity contribution < 1.29 is 24.4 Å². The maximum atomic E-state index is 10.1. The van der Waals surface area contributed by atoms with Gasteiger partial charge in [0.25, 0.3) is 0 Å². The van der Waals surface area contributed by atoms with Gasteiger partial charge in [-0.25, -0.2) is 0 Å². The molecule has 0 spiro atoms. The number of nitrogens with zero attached hydrogens (tertiary/aromatic N) is 1. The van der Waals surface area contributed by atoms with E-state index in [9.17, 15) is 10.2 Å². The molecular weight excluding hydrogens is 454 g/mol. The third kappa shape index (κ3) is 4.73. The van der Waals surface area contributed by atoms with Gasteiger partial charge in [0.15, 0.2) is 11.5 Å². The number of phenols is 2. The first-order valence-corrected chi connectivity index (χ1v) is 12.5. The molecule has 3 aromatic carbocycles. The Bertz CT molecular complexity index is 1260. The fourth-order valence-electron chi connectivity index (χ4n) is 5.04. The molecule has 2 aliphatic rings. The molecule has 0 bridgehead atoms. The fraction of sp³-hybridized carbons (Fsp3) is 0.333. The summed E-state index contributed by atoms with van der Waals surface area (Å²) in [6.07, 6.45) is 0.873. The maximum absolute atomic E-state index is 10.1. The predicted octanol–water partition coefficient (Wildman–Crippen LogP) is 5.89. The molecule has 2 heterocycles. The summed E-state index contributed by atoms with van der Waals surface area (Å²) in [4.78, 5) is 2.43. The summed E-state index contributed by atoms with van der Waals surface area (Å²) < 4.78 is 17.9. The first kappa shape index (κ1) is 24.1. The highest BCUT2D eigenvalue weighted by atomic mass is 16.5. The van der Waals surface area contributed by atoms with Crippen LogP contribution in [0.1, 0.15) is 43.1 Å². The molecule has 188 valence electrons. The lowest BCUT2D eigenvalue weighted by atomic mass is 9.86.